The first-order valence-corrected chi connectivity index (χ1v) is 6.16. The zero-order chi connectivity index (χ0) is 12.1. The molecule has 1 aromatic carbocycles. The third-order valence-corrected chi connectivity index (χ3v) is 3.25. The molecular weight excluding hydrogens is 245 g/mol. The summed E-state index contributed by atoms with van der Waals surface area (Å²) in [5.41, 5.74) is 1.09. The van der Waals surface area contributed by atoms with Crippen molar-refractivity contribution in [2.75, 3.05) is 6.61 Å². The van der Waals surface area contributed by atoms with Crippen molar-refractivity contribution in [2.24, 2.45) is 0 Å². The van der Waals surface area contributed by atoms with Gasteiger partial charge in [-0.1, -0.05) is 36.2 Å². The van der Waals surface area contributed by atoms with Gasteiger partial charge in [0.25, 0.3) is 0 Å². The fourth-order valence-electron chi connectivity index (χ4n) is 1.58. The lowest BCUT2D eigenvalue weighted by molar-refractivity contribution is 0.239. The van der Waals surface area contributed by atoms with Crippen LogP contribution in [0.5, 0.6) is 0 Å². The topological polar surface area (TPSA) is 32.3 Å². The largest absolute Gasteiger partial charge is 0.395 e. The zero-order valence-electron chi connectivity index (χ0n) is 9.50. The SMILES string of the molecule is CCC(N[C@H](C)CO)c1ccc(Cl)c(Cl)c1. The third-order valence-electron chi connectivity index (χ3n) is 2.51. The summed E-state index contributed by atoms with van der Waals surface area (Å²) in [6.45, 7) is 4.16. The van der Waals surface area contributed by atoms with Gasteiger partial charge in [0, 0.05) is 12.1 Å². The van der Waals surface area contributed by atoms with Crippen molar-refractivity contribution in [3.8, 4) is 0 Å². The van der Waals surface area contributed by atoms with E-state index < -0.39 is 0 Å². The van der Waals surface area contributed by atoms with Crippen LogP contribution in [0.2, 0.25) is 10.0 Å². The fourth-order valence-corrected chi connectivity index (χ4v) is 1.88. The molecule has 0 amide bonds. The molecule has 0 aliphatic carbocycles. The average molecular weight is 262 g/mol. The van der Waals surface area contributed by atoms with Gasteiger partial charge < -0.3 is 10.4 Å². The Hall–Kier alpha value is -0.280. The lowest BCUT2D eigenvalue weighted by Gasteiger charge is -2.21. The highest BCUT2D eigenvalue weighted by Crippen LogP contribution is 2.27. The standard InChI is InChI=1S/C12H17Cl2NO/c1-3-12(15-8(2)7-16)9-4-5-10(13)11(14)6-9/h4-6,8,12,15-16H,3,7H2,1-2H3/t8-,12?/m1/s1. The van der Waals surface area contributed by atoms with Crippen LogP contribution in [0.15, 0.2) is 18.2 Å². The predicted octanol–water partition coefficient (Wildman–Crippen LogP) is 3.41. The van der Waals surface area contributed by atoms with Gasteiger partial charge >= 0.3 is 0 Å². The number of hydrogen-bond donors (Lipinski definition) is 2. The first kappa shape index (κ1) is 13.8. The minimum absolute atomic E-state index is 0.0689. The van der Waals surface area contributed by atoms with Crippen LogP contribution >= 0.6 is 23.2 Å². The van der Waals surface area contributed by atoms with E-state index in [1.165, 1.54) is 0 Å². The maximum atomic E-state index is 9.02. The van der Waals surface area contributed by atoms with Gasteiger partial charge in [0.05, 0.1) is 16.7 Å². The van der Waals surface area contributed by atoms with Gasteiger partial charge in [-0.05, 0) is 31.0 Å². The van der Waals surface area contributed by atoms with Gasteiger partial charge in [-0.15, -0.1) is 0 Å². The number of aliphatic hydroxyl groups excluding tert-OH is 1. The Kier molecular flexibility index (Phi) is 5.56. The molecule has 0 spiro atoms. The number of rotatable bonds is 5. The van der Waals surface area contributed by atoms with E-state index in [-0.39, 0.29) is 18.7 Å². The molecule has 2 N–H and O–H groups in total. The first-order chi connectivity index (χ1) is 7.58. The van der Waals surface area contributed by atoms with E-state index in [0.29, 0.717) is 10.0 Å². The molecule has 2 nitrogen and oxygen atoms in total. The van der Waals surface area contributed by atoms with Crippen molar-refractivity contribution < 1.29 is 5.11 Å². The number of hydrogen-bond acceptors (Lipinski definition) is 2. The molecule has 2 atom stereocenters. The van der Waals surface area contributed by atoms with E-state index >= 15 is 0 Å². The molecule has 0 saturated heterocycles. The Morgan fingerprint density at radius 1 is 1.31 bits per heavy atom. The van der Waals surface area contributed by atoms with E-state index in [2.05, 4.69) is 12.2 Å². The minimum atomic E-state index is 0.0689. The Morgan fingerprint density at radius 3 is 2.50 bits per heavy atom. The van der Waals surface area contributed by atoms with E-state index in [9.17, 15) is 0 Å². The second-order valence-corrected chi connectivity index (χ2v) is 4.70. The van der Waals surface area contributed by atoms with Crippen LogP contribution < -0.4 is 5.32 Å². The molecule has 0 bridgehead atoms. The van der Waals surface area contributed by atoms with E-state index in [1.54, 1.807) is 6.07 Å². The molecule has 90 valence electrons. The van der Waals surface area contributed by atoms with Crippen molar-refractivity contribution in [2.45, 2.75) is 32.4 Å². The summed E-state index contributed by atoms with van der Waals surface area (Å²) in [6, 6.07) is 5.89. The highest BCUT2D eigenvalue weighted by atomic mass is 35.5. The Bertz CT molecular complexity index is 344. The smallest absolute Gasteiger partial charge is 0.0595 e. The zero-order valence-corrected chi connectivity index (χ0v) is 11.0. The van der Waals surface area contributed by atoms with Crippen molar-refractivity contribution in [3.05, 3.63) is 33.8 Å². The summed E-state index contributed by atoms with van der Waals surface area (Å²) >= 11 is 11.8. The second-order valence-electron chi connectivity index (χ2n) is 3.88. The molecule has 0 aromatic heterocycles. The second kappa shape index (κ2) is 6.45. The molecule has 4 heteroatoms. The van der Waals surface area contributed by atoms with Gasteiger partial charge in [0.2, 0.25) is 0 Å². The summed E-state index contributed by atoms with van der Waals surface area (Å²) < 4.78 is 0. The predicted molar refractivity (Wildman–Crippen MR) is 69.2 cm³/mol. The number of halogens is 2. The molecule has 1 rings (SSSR count). The van der Waals surface area contributed by atoms with Crippen LogP contribution in [0, 0.1) is 0 Å². The van der Waals surface area contributed by atoms with Crippen molar-refractivity contribution in [3.63, 3.8) is 0 Å². The first-order valence-electron chi connectivity index (χ1n) is 5.40. The molecule has 0 aliphatic rings. The molecule has 0 fully saturated rings. The summed E-state index contributed by atoms with van der Waals surface area (Å²) in [7, 11) is 0. The Balaban J connectivity index is 2.82. The minimum Gasteiger partial charge on any atom is -0.395 e. The Labute approximate surface area is 107 Å². The van der Waals surface area contributed by atoms with Gasteiger partial charge in [-0.2, -0.15) is 0 Å². The van der Waals surface area contributed by atoms with Gasteiger partial charge in [0.1, 0.15) is 0 Å². The molecule has 0 aliphatic heterocycles. The van der Waals surface area contributed by atoms with Crippen molar-refractivity contribution in [1.82, 2.24) is 5.32 Å². The molecule has 0 saturated carbocycles. The van der Waals surface area contributed by atoms with E-state index in [4.69, 9.17) is 28.3 Å². The van der Waals surface area contributed by atoms with Crippen LogP contribution in [-0.4, -0.2) is 17.8 Å². The molecule has 1 unspecified atom stereocenters. The third kappa shape index (κ3) is 3.63. The number of aliphatic hydroxyl groups is 1. The highest BCUT2D eigenvalue weighted by Gasteiger charge is 2.12. The fraction of sp³-hybridized carbons (Fsp3) is 0.500. The maximum Gasteiger partial charge on any atom is 0.0595 e. The monoisotopic (exact) mass is 261 g/mol. The van der Waals surface area contributed by atoms with Crippen LogP contribution in [0.25, 0.3) is 0 Å². The van der Waals surface area contributed by atoms with Gasteiger partial charge in [0.15, 0.2) is 0 Å². The van der Waals surface area contributed by atoms with Crippen LogP contribution in [-0.2, 0) is 0 Å². The summed E-state index contributed by atoms with van der Waals surface area (Å²) in [6.07, 6.45) is 0.933. The molecule has 1 aromatic rings. The Morgan fingerprint density at radius 2 is 2.00 bits per heavy atom. The maximum absolute atomic E-state index is 9.02. The summed E-state index contributed by atoms with van der Waals surface area (Å²) in [5.74, 6) is 0. The molecule has 0 heterocycles. The van der Waals surface area contributed by atoms with Gasteiger partial charge in [-0.3, -0.25) is 0 Å². The average Bonchev–Trinajstić information content (AvgIpc) is 2.29. The number of benzene rings is 1. The highest BCUT2D eigenvalue weighted by molar-refractivity contribution is 6.42. The summed E-state index contributed by atoms with van der Waals surface area (Å²) in [5, 5.41) is 13.5. The van der Waals surface area contributed by atoms with E-state index in [0.717, 1.165) is 12.0 Å². The van der Waals surface area contributed by atoms with E-state index in [1.807, 2.05) is 19.1 Å². The van der Waals surface area contributed by atoms with Crippen molar-refractivity contribution >= 4 is 23.2 Å². The summed E-state index contributed by atoms with van der Waals surface area (Å²) in [4.78, 5) is 0. The lowest BCUT2D eigenvalue weighted by atomic mass is 10.0. The number of nitrogens with one attached hydrogen (secondary N) is 1. The van der Waals surface area contributed by atoms with Crippen LogP contribution in [0.4, 0.5) is 0 Å². The van der Waals surface area contributed by atoms with Crippen LogP contribution in [0.1, 0.15) is 31.9 Å². The molecular formula is C12H17Cl2NO. The quantitative estimate of drug-likeness (QED) is 0.852. The molecule has 0 radical (unpaired) electrons. The normalized spacial score (nSPS) is 14.8. The lowest BCUT2D eigenvalue weighted by Crippen LogP contribution is -2.32. The van der Waals surface area contributed by atoms with Crippen molar-refractivity contribution in [1.29, 1.82) is 0 Å². The molecule has 16 heavy (non-hydrogen) atoms. The van der Waals surface area contributed by atoms with Crippen LogP contribution in [0.3, 0.4) is 0 Å². The van der Waals surface area contributed by atoms with Gasteiger partial charge in [-0.25, -0.2) is 0 Å².